The molecule has 1 saturated carbocycles. The molecule has 0 spiro atoms. The molecule has 0 aromatic heterocycles. The Balaban J connectivity index is 1.83. The summed E-state index contributed by atoms with van der Waals surface area (Å²) in [6.45, 7) is 7.30. The highest BCUT2D eigenvalue weighted by atomic mass is 16.5. The van der Waals surface area contributed by atoms with E-state index in [9.17, 15) is 5.11 Å². The number of aliphatic hydroxyl groups excluding tert-OH is 1. The van der Waals surface area contributed by atoms with Gasteiger partial charge in [-0.15, -0.1) is 0 Å². The van der Waals surface area contributed by atoms with E-state index in [-0.39, 0.29) is 0 Å². The third kappa shape index (κ3) is 4.72. The Hall–Kier alpha value is -1.06. The van der Waals surface area contributed by atoms with Crippen LogP contribution < -0.4 is 4.74 Å². The Kier molecular flexibility index (Phi) is 6.27. The number of hydrogen-bond acceptors (Lipinski definition) is 3. The second-order valence-corrected chi connectivity index (χ2v) is 6.90. The topological polar surface area (TPSA) is 32.7 Å². The van der Waals surface area contributed by atoms with E-state index in [2.05, 4.69) is 44.9 Å². The van der Waals surface area contributed by atoms with E-state index in [1.165, 1.54) is 48.8 Å². The molecule has 0 amide bonds. The summed E-state index contributed by atoms with van der Waals surface area (Å²) in [4.78, 5) is 2.31. The quantitative estimate of drug-likeness (QED) is 0.871. The average Bonchev–Trinajstić information content (AvgIpc) is 2.50. The summed E-state index contributed by atoms with van der Waals surface area (Å²) in [5.41, 5.74) is 3.61. The van der Waals surface area contributed by atoms with Crippen molar-refractivity contribution in [2.75, 3.05) is 20.2 Å². The largest absolute Gasteiger partial charge is 0.491 e. The predicted molar refractivity (Wildman–Crippen MR) is 91.7 cm³/mol. The summed E-state index contributed by atoms with van der Waals surface area (Å²) < 4.78 is 5.87. The molecule has 2 rings (SSSR count). The minimum absolute atomic E-state index is 0.362. The molecule has 0 bridgehead atoms. The SMILES string of the molecule is Cc1cc(C)c(C)c(OC[C@@H](O)CN(C)C2CCCCC2)c1. The zero-order chi connectivity index (χ0) is 16.1. The number of benzene rings is 1. The van der Waals surface area contributed by atoms with E-state index >= 15 is 0 Å². The van der Waals surface area contributed by atoms with Crippen LogP contribution in [0.4, 0.5) is 0 Å². The van der Waals surface area contributed by atoms with Gasteiger partial charge in [-0.05, 0) is 63.4 Å². The fourth-order valence-corrected chi connectivity index (χ4v) is 3.39. The highest BCUT2D eigenvalue weighted by molar-refractivity contribution is 5.41. The first-order chi connectivity index (χ1) is 10.5. The smallest absolute Gasteiger partial charge is 0.122 e. The lowest BCUT2D eigenvalue weighted by Gasteiger charge is -2.32. The zero-order valence-corrected chi connectivity index (χ0v) is 14.6. The molecule has 124 valence electrons. The monoisotopic (exact) mass is 305 g/mol. The van der Waals surface area contributed by atoms with Crippen LogP contribution in [0.15, 0.2) is 12.1 Å². The fourth-order valence-electron chi connectivity index (χ4n) is 3.39. The minimum Gasteiger partial charge on any atom is -0.491 e. The number of hydrogen-bond donors (Lipinski definition) is 1. The van der Waals surface area contributed by atoms with Gasteiger partial charge in [0.1, 0.15) is 18.5 Å². The van der Waals surface area contributed by atoms with Gasteiger partial charge < -0.3 is 14.7 Å². The number of aryl methyl sites for hydroxylation is 2. The average molecular weight is 305 g/mol. The lowest BCUT2D eigenvalue weighted by Crippen LogP contribution is -2.40. The second-order valence-electron chi connectivity index (χ2n) is 6.90. The Morgan fingerprint density at radius 1 is 1.18 bits per heavy atom. The van der Waals surface area contributed by atoms with E-state index in [0.717, 1.165) is 5.75 Å². The van der Waals surface area contributed by atoms with Crippen molar-refractivity contribution in [3.8, 4) is 5.75 Å². The van der Waals surface area contributed by atoms with Gasteiger partial charge in [0.15, 0.2) is 0 Å². The standard InChI is InChI=1S/C19H31NO2/c1-14-10-15(2)16(3)19(11-14)22-13-18(21)12-20(4)17-8-6-5-7-9-17/h10-11,17-18,21H,5-9,12-13H2,1-4H3/t18-/m0/s1. The van der Waals surface area contributed by atoms with E-state index < -0.39 is 6.10 Å². The van der Waals surface area contributed by atoms with Crippen molar-refractivity contribution in [1.82, 2.24) is 4.90 Å². The predicted octanol–water partition coefficient (Wildman–Crippen LogP) is 3.62. The maximum Gasteiger partial charge on any atom is 0.122 e. The maximum absolute atomic E-state index is 10.3. The Labute approximate surface area is 135 Å². The molecule has 0 radical (unpaired) electrons. The molecule has 22 heavy (non-hydrogen) atoms. The maximum atomic E-state index is 10.3. The van der Waals surface area contributed by atoms with Crippen molar-refractivity contribution in [1.29, 1.82) is 0 Å². The van der Waals surface area contributed by atoms with Crippen LogP contribution in [0.25, 0.3) is 0 Å². The van der Waals surface area contributed by atoms with Gasteiger partial charge in [0.2, 0.25) is 0 Å². The Bertz CT molecular complexity index is 481. The third-order valence-corrected chi connectivity index (χ3v) is 4.89. The van der Waals surface area contributed by atoms with Crippen molar-refractivity contribution in [2.45, 2.75) is 65.0 Å². The Morgan fingerprint density at radius 2 is 1.86 bits per heavy atom. The van der Waals surface area contributed by atoms with E-state index in [0.29, 0.717) is 19.2 Å². The van der Waals surface area contributed by atoms with Gasteiger partial charge in [0, 0.05) is 12.6 Å². The van der Waals surface area contributed by atoms with Crippen molar-refractivity contribution in [3.05, 3.63) is 28.8 Å². The lowest BCUT2D eigenvalue weighted by molar-refractivity contribution is 0.0559. The third-order valence-electron chi connectivity index (χ3n) is 4.89. The normalized spacial score (nSPS) is 17.7. The summed E-state index contributed by atoms with van der Waals surface area (Å²) >= 11 is 0. The zero-order valence-electron chi connectivity index (χ0n) is 14.6. The molecule has 3 nitrogen and oxygen atoms in total. The van der Waals surface area contributed by atoms with E-state index in [1.807, 2.05) is 0 Å². The molecule has 1 aromatic carbocycles. The van der Waals surface area contributed by atoms with Crippen molar-refractivity contribution in [3.63, 3.8) is 0 Å². The molecule has 1 N–H and O–H groups in total. The van der Waals surface area contributed by atoms with Crippen LogP contribution in [0.5, 0.6) is 5.75 Å². The first-order valence-electron chi connectivity index (χ1n) is 8.56. The molecule has 1 atom stereocenters. The van der Waals surface area contributed by atoms with E-state index in [1.54, 1.807) is 0 Å². The van der Waals surface area contributed by atoms with Crippen molar-refractivity contribution >= 4 is 0 Å². The summed E-state index contributed by atoms with van der Waals surface area (Å²) in [7, 11) is 2.13. The van der Waals surface area contributed by atoms with Gasteiger partial charge in [0.05, 0.1) is 0 Å². The van der Waals surface area contributed by atoms with E-state index in [4.69, 9.17) is 4.74 Å². The highest BCUT2D eigenvalue weighted by Crippen LogP contribution is 2.24. The molecular formula is C19H31NO2. The van der Waals surface area contributed by atoms with Crippen LogP contribution in [0, 0.1) is 20.8 Å². The van der Waals surface area contributed by atoms with Crippen LogP contribution >= 0.6 is 0 Å². The van der Waals surface area contributed by atoms with Crippen molar-refractivity contribution < 1.29 is 9.84 Å². The summed E-state index contributed by atoms with van der Waals surface area (Å²) in [5, 5.41) is 10.3. The van der Waals surface area contributed by atoms with Gasteiger partial charge in [-0.3, -0.25) is 0 Å². The van der Waals surface area contributed by atoms with Gasteiger partial charge >= 0.3 is 0 Å². The molecule has 3 heteroatoms. The lowest BCUT2D eigenvalue weighted by atomic mass is 9.94. The van der Waals surface area contributed by atoms with Crippen LogP contribution in [0.3, 0.4) is 0 Å². The molecule has 1 fully saturated rings. The van der Waals surface area contributed by atoms with Gasteiger partial charge in [-0.1, -0.05) is 25.3 Å². The van der Waals surface area contributed by atoms with Crippen LogP contribution in [-0.4, -0.2) is 42.4 Å². The summed E-state index contributed by atoms with van der Waals surface area (Å²) in [6, 6.07) is 4.85. The molecule has 0 unspecified atom stereocenters. The molecule has 1 aromatic rings. The molecule has 1 aliphatic carbocycles. The number of nitrogens with zero attached hydrogens (tertiary/aromatic N) is 1. The van der Waals surface area contributed by atoms with Crippen LogP contribution in [0.1, 0.15) is 48.8 Å². The van der Waals surface area contributed by atoms with Gasteiger partial charge in [0.25, 0.3) is 0 Å². The molecule has 0 aliphatic heterocycles. The molecule has 1 aliphatic rings. The number of rotatable bonds is 6. The minimum atomic E-state index is -0.438. The number of ether oxygens (including phenoxy) is 1. The van der Waals surface area contributed by atoms with Crippen molar-refractivity contribution in [2.24, 2.45) is 0 Å². The first kappa shape index (κ1) is 17.3. The summed E-state index contributed by atoms with van der Waals surface area (Å²) in [5.74, 6) is 0.900. The second kappa shape index (κ2) is 7.98. The molecule has 0 heterocycles. The van der Waals surface area contributed by atoms with Crippen LogP contribution in [-0.2, 0) is 0 Å². The molecular weight excluding hydrogens is 274 g/mol. The van der Waals surface area contributed by atoms with Crippen LogP contribution in [0.2, 0.25) is 0 Å². The number of likely N-dealkylation sites (N-methyl/N-ethyl adjacent to an activating group) is 1. The first-order valence-corrected chi connectivity index (χ1v) is 8.56. The highest BCUT2D eigenvalue weighted by Gasteiger charge is 2.20. The fraction of sp³-hybridized carbons (Fsp3) is 0.684. The molecule has 0 saturated heterocycles. The summed E-state index contributed by atoms with van der Waals surface area (Å²) in [6.07, 6.45) is 6.10. The van der Waals surface area contributed by atoms with Gasteiger partial charge in [-0.25, -0.2) is 0 Å². The Morgan fingerprint density at radius 3 is 2.55 bits per heavy atom. The van der Waals surface area contributed by atoms with Gasteiger partial charge in [-0.2, -0.15) is 0 Å². The number of aliphatic hydroxyl groups is 1.